The van der Waals surface area contributed by atoms with E-state index in [2.05, 4.69) is 11.3 Å². The van der Waals surface area contributed by atoms with Crippen molar-refractivity contribution in [1.82, 2.24) is 0 Å². The summed E-state index contributed by atoms with van der Waals surface area (Å²) in [5, 5.41) is 10.1. The molecular weight excluding hydrogens is 180 g/mol. The quantitative estimate of drug-likeness (QED) is 0.543. The summed E-state index contributed by atoms with van der Waals surface area (Å²) in [5.74, 6) is -0.912. The van der Waals surface area contributed by atoms with Gasteiger partial charge in [-0.05, 0) is 12.3 Å². The second-order valence-electron chi connectivity index (χ2n) is 3.79. The lowest BCUT2D eigenvalue weighted by atomic mass is 9.78. The Kier molecular flexibility index (Phi) is 4.85. The summed E-state index contributed by atoms with van der Waals surface area (Å²) >= 11 is 0. The molecule has 0 radical (unpaired) electrons. The molecule has 0 rings (SSSR count). The average Bonchev–Trinajstić information content (AvgIpc) is 2.16. The van der Waals surface area contributed by atoms with E-state index in [0.717, 1.165) is 0 Å². The molecule has 0 aromatic carbocycles. The number of hydrogen-bond acceptors (Lipinski definition) is 3. The van der Waals surface area contributed by atoms with Crippen molar-refractivity contribution in [3.63, 3.8) is 0 Å². The summed E-state index contributed by atoms with van der Waals surface area (Å²) in [4.78, 5) is 11.5. The van der Waals surface area contributed by atoms with E-state index in [1.165, 1.54) is 13.2 Å². The van der Waals surface area contributed by atoms with Crippen LogP contribution in [0.1, 0.15) is 27.2 Å². The summed E-state index contributed by atoms with van der Waals surface area (Å²) in [6.45, 7) is 9.15. The van der Waals surface area contributed by atoms with E-state index >= 15 is 0 Å². The zero-order valence-electron chi connectivity index (χ0n) is 9.41. The van der Waals surface area contributed by atoms with Crippen molar-refractivity contribution >= 4 is 5.97 Å². The topological polar surface area (TPSA) is 46.5 Å². The Morgan fingerprint density at radius 3 is 2.36 bits per heavy atom. The van der Waals surface area contributed by atoms with E-state index in [0.29, 0.717) is 6.42 Å². The van der Waals surface area contributed by atoms with Crippen molar-refractivity contribution < 1.29 is 14.6 Å². The van der Waals surface area contributed by atoms with Crippen LogP contribution in [0.2, 0.25) is 0 Å². The predicted octanol–water partition coefficient (Wildman–Crippen LogP) is 1.76. The van der Waals surface area contributed by atoms with E-state index < -0.39 is 11.5 Å². The highest BCUT2D eigenvalue weighted by Gasteiger charge is 2.40. The molecule has 82 valence electrons. The van der Waals surface area contributed by atoms with Gasteiger partial charge in [0.2, 0.25) is 0 Å². The molecule has 0 aromatic rings. The predicted molar refractivity (Wildman–Crippen MR) is 55.8 cm³/mol. The monoisotopic (exact) mass is 200 g/mol. The maximum atomic E-state index is 11.5. The van der Waals surface area contributed by atoms with E-state index in [9.17, 15) is 9.90 Å². The van der Waals surface area contributed by atoms with Gasteiger partial charge in [0.25, 0.3) is 0 Å². The largest absolute Gasteiger partial charge is 0.469 e. The van der Waals surface area contributed by atoms with Crippen molar-refractivity contribution in [2.24, 2.45) is 11.8 Å². The number of methoxy groups -OCH3 is 1. The summed E-state index contributed by atoms with van der Waals surface area (Å²) in [6.07, 6.45) is 1.88. The third-order valence-electron chi connectivity index (χ3n) is 2.58. The van der Waals surface area contributed by atoms with E-state index in [1.807, 2.05) is 20.8 Å². The van der Waals surface area contributed by atoms with Crippen LogP contribution in [-0.2, 0) is 9.53 Å². The number of ether oxygens (including phenoxy) is 1. The lowest BCUT2D eigenvalue weighted by molar-refractivity contribution is -0.156. The molecule has 14 heavy (non-hydrogen) atoms. The minimum Gasteiger partial charge on any atom is -0.469 e. The zero-order chi connectivity index (χ0) is 11.4. The Morgan fingerprint density at radius 1 is 1.64 bits per heavy atom. The van der Waals surface area contributed by atoms with Gasteiger partial charge in [0, 0.05) is 0 Å². The molecule has 0 spiro atoms. The fraction of sp³-hybridized carbons (Fsp3) is 0.727. The second-order valence-corrected chi connectivity index (χ2v) is 3.79. The number of hydrogen-bond donors (Lipinski definition) is 1. The molecule has 2 unspecified atom stereocenters. The van der Waals surface area contributed by atoms with Gasteiger partial charge in [0.1, 0.15) is 0 Å². The molecule has 3 heteroatoms. The van der Waals surface area contributed by atoms with E-state index in [1.54, 1.807) is 0 Å². The molecule has 0 bridgehead atoms. The molecule has 0 heterocycles. The number of esters is 1. The van der Waals surface area contributed by atoms with Gasteiger partial charge in [0.15, 0.2) is 0 Å². The second kappa shape index (κ2) is 5.15. The molecule has 0 fully saturated rings. The van der Waals surface area contributed by atoms with Gasteiger partial charge in [-0.1, -0.05) is 26.8 Å². The maximum Gasteiger partial charge on any atom is 0.312 e. The van der Waals surface area contributed by atoms with Gasteiger partial charge >= 0.3 is 5.97 Å². The first-order valence-corrected chi connectivity index (χ1v) is 4.86. The third kappa shape index (κ3) is 2.58. The van der Waals surface area contributed by atoms with Crippen molar-refractivity contribution in [2.75, 3.05) is 7.11 Å². The van der Waals surface area contributed by atoms with Crippen molar-refractivity contribution in [2.45, 2.75) is 32.8 Å². The average molecular weight is 200 g/mol. The smallest absolute Gasteiger partial charge is 0.312 e. The number of rotatable bonds is 5. The number of aliphatic hydroxyl groups is 1. The van der Waals surface area contributed by atoms with Gasteiger partial charge in [0.05, 0.1) is 18.6 Å². The SMILES string of the molecule is C=CC(O)(CC)C(C(=O)OC)C(C)C. The van der Waals surface area contributed by atoms with Crippen LogP contribution in [0, 0.1) is 11.8 Å². The summed E-state index contributed by atoms with van der Waals surface area (Å²) in [5.41, 5.74) is -1.17. The van der Waals surface area contributed by atoms with Gasteiger partial charge in [-0.2, -0.15) is 0 Å². The molecular formula is C11H20O3. The van der Waals surface area contributed by atoms with Crippen LogP contribution in [0.5, 0.6) is 0 Å². The zero-order valence-corrected chi connectivity index (χ0v) is 9.41. The minimum atomic E-state index is -1.17. The van der Waals surface area contributed by atoms with Gasteiger partial charge in [-0.25, -0.2) is 0 Å². The number of carbonyl (C=O) groups excluding carboxylic acids is 1. The molecule has 3 nitrogen and oxygen atoms in total. The van der Waals surface area contributed by atoms with Crippen molar-refractivity contribution in [3.05, 3.63) is 12.7 Å². The first-order chi connectivity index (χ1) is 6.42. The van der Waals surface area contributed by atoms with E-state index in [-0.39, 0.29) is 11.9 Å². The van der Waals surface area contributed by atoms with Crippen molar-refractivity contribution in [3.8, 4) is 0 Å². The Balaban J connectivity index is 4.98. The standard InChI is InChI=1S/C11H20O3/c1-6-11(13,7-2)9(8(3)4)10(12)14-5/h6,8-9,13H,1,7H2,2-5H3. The van der Waals surface area contributed by atoms with Crippen LogP contribution in [-0.4, -0.2) is 23.8 Å². The highest BCUT2D eigenvalue weighted by molar-refractivity contribution is 5.74. The summed E-state index contributed by atoms with van der Waals surface area (Å²) in [7, 11) is 1.33. The Morgan fingerprint density at radius 2 is 2.14 bits per heavy atom. The third-order valence-corrected chi connectivity index (χ3v) is 2.58. The van der Waals surface area contributed by atoms with Gasteiger partial charge in [-0.3, -0.25) is 4.79 Å². The molecule has 0 aliphatic carbocycles. The van der Waals surface area contributed by atoms with Gasteiger partial charge in [-0.15, -0.1) is 6.58 Å². The van der Waals surface area contributed by atoms with Crippen LogP contribution in [0.3, 0.4) is 0 Å². The van der Waals surface area contributed by atoms with Crippen LogP contribution >= 0.6 is 0 Å². The minimum absolute atomic E-state index is 0.0189. The van der Waals surface area contributed by atoms with Crippen LogP contribution in [0.4, 0.5) is 0 Å². The lowest BCUT2D eigenvalue weighted by Gasteiger charge is -2.33. The fourth-order valence-electron chi connectivity index (χ4n) is 1.67. The Hall–Kier alpha value is -0.830. The lowest BCUT2D eigenvalue weighted by Crippen LogP contribution is -2.43. The molecule has 0 aliphatic rings. The molecule has 0 saturated carbocycles. The van der Waals surface area contributed by atoms with Crippen molar-refractivity contribution in [1.29, 1.82) is 0 Å². The molecule has 0 amide bonds. The number of carbonyl (C=O) groups is 1. The summed E-state index contributed by atoms with van der Waals surface area (Å²) < 4.78 is 4.68. The molecule has 0 aromatic heterocycles. The van der Waals surface area contributed by atoms with Gasteiger partial charge < -0.3 is 9.84 Å². The first-order valence-electron chi connectivity index (χ1n) is 4.86. The fourth-order valence-corrected chi connectivity index (χ4v) is 1.67. The molecule has 0 saturated heterocycles. The van der Waals surface area contributed by atoms with Crippen LogP contribution < -0.4 is 0 Å². The summed E-state index contributed by atoms with van der Waals surface area (Å²) in [6, 6.07) is 0. The Labute approximate surface area is 85.8 Å². The highest BCUT2D eigenvalue weighted by atomic mass is 16.5. The molecule has 2 atom stereocenters. The normalized spacial score (nSPS) is 17.3. The molecule has 0 aliphatic heterocycles. The first kappa shape index (κ1) is 13.2. The van der Waals surface area contributed by atoms with E-state index in [4.69, 9.17) is 0 Å². The Bertz CT molecular complexity index is 211. The van der Waals surface area contributed by atoms with Crippen LogP contribution in [0.15, 0.2) is 12.7 Å². The highest BCUT2D eigenvalue weighted by Crippen LogP contribution is 2.30. The molecule has 1 N–H and O–H groups in total. The van der Waals surface area contributed by atoms with Crippen LogP contribution in [0.25, 0.3) is 0 Å². The maximum absolute atomic E-state index is 11.5.